The van der Waals surface area contributed by atoms with E-state index in [1.165, 1.54) is 0 Å². The highest BCUT2D eigenvalue weighted by Gasteiger charge is 2.14. The zero-order valence-corrected chi connectivity index (χ0v) is 12.1. The number of aromatic hydroxyl groups is 1. The maximum Gasteiger partial charge on any atom is 0.259 e. The molecule has 0 heterocycles. The van der Waals surface area contributed by atoms with Crippen LogP contribution in [0.25, 0.3) is 10.8 Å². The van der Waals surface area contributed by atoms with E-state index in [2.05, 4.69) is 5.32 Å². The Kier molecular flexibility index (Phi) is 3.43. The minimum atomic E-state index is -0.351. The Morgan fingerprint density at radius 2 is 1.86 bits per heavy atom. The molecule has 3 aromatic carbocycles. The number of benzene rings is 3. The number of nitrogens with one attached hydrogen (secondary N) is 1. The highest BCUT2D eigenvalue weighted by atomic mass is 16.3. The first-order valence-corrected chi connectivity index (χ1v) is 6.94. The van der Waals surface area contributed by atoms with E-state index in [-0.39, 0.29) is 17.2 Å². The number of anilines is 2. The number of hydrogen-bond acceptors (Lipinski definition) is 3. The topological polar surface area (TPSA) is 75.3 Å². The molecule has 0 atom stereocenters. The predicted molar refractivity (Wildman–Crippen MR) is 89.2 cm³/mol. The van der Waals surface area contributed by atoms with Crippen LogP contribution in [0.5, 0.6) is 5.75 Å². The van der Waals surface area contributed by atoms with Gasteiger partial charge in [-0.15, -0.1) is 0 Å². The Labute approximate surface area is 128 Å². The van der Waals surface area contributed by atoms with Crippen LogP contribution < -0.4 is 11.1 Å². The summed E-state index contributed by atoms with van der Waals surface area (Å²) in [7, 11) is 0. The van der Waals surface area contributed by atoms with E-state index in [0.29, 0.717) is 16.8 Å². The summed E-state index contributed by atoms with van der Waals surface area (Å²) in [5.41, 5.74) is 8.13. The number of carbonyl (C=O) groups excluding carboxylic acids is 1. The molecule has 4 nitrogen and oxygen atoms in total. The second-order valence-corrected chi connectivity index (χ2v) is 5.21. The van der Waals surface area contributed by atoms with Gasteiger partial charge in [0.1, 0.15) is 5.75 Å². The molecule has 0 spiro atoms. The molecule has 0 bridgehead atoms. The van der Waals surface area contributed by atoms with Crippen LogP contribution in [0.1, 0.15) is 15.9 Å². The van der Waals surface area contributed by atoms with Crippen LogP contribution in [-0.4, -0.2) is 11.0 Å². The molecule has 110 valence electrons. The van der Waals surface area contributed by atoms with Crippen molar-refractivity contribution < 1.29 is 9.90 Å². The first kappa shape index (κ1) is 13.9. The molecule has 0 radical (unpaired) electrons. The Hall–Kier alpha value is -3.01. The number of rotatable bonds is 2. The lowest BCUT2D eigenvalue weighted by Gasteiger charge is -2.11. The quantitative estimate of drug-likeness (QED) is 0.630. The van der Waals surface area contributed by atoms with E-state index in [4.69, 9.17) is 5.73 Å². The van der Waals surface area contributed by atoms with Crippen LogP contribution >= 0.6 is 0 Å². The zero-order chi connectivity index (χ0) is 15.7. The number of nitrogen functional groups attached to an aromatic ring is 1. The van der Waals surface area contributed by atoms with Gasteiger partial charge in [-0.1, -0.05) is 30.3 Å². The van der Waals surface area contributed by atoms with Crippen LogP contribution in [0, 0.1) is 6.92 Å². The van der Waals surface area contributed by atoms with Gasteiger partial charge in [0.25, 0.3) is 5.91 Å². The van der Waals surface area contributed by atoms with E-state index < -0.39 is 0 Å². The van der Waals surface area contributed by atoms with Gasteiger partial charge in [0.05, 0.1) is 5.56 Å². The van der Waals surface area contributed by atoms with Gasteiger partial charge in [-0.05, 0) is 42.1 Å². The number of aryl methyl sites for hydroxylation is 1. The minimum absolute atomic E-state index is 0.0105. The smallest absolute Gasteiger partial charge is 0.259 e. The Bertz CT molecular complexity index is 872. The summed E-state index contributed by atoms with van der Waals surface area (Å²) in [5, 5.41) is 14.7. The standard InChI is InChI=1S/C18H16N2O2/c1-11-10-13(19)7-9-16(11)20-18(22)15-8-6-12-4-2-3-5-14(12)17(15)21/h2-10,21H,19H2,1H3,(H,20,22). The molecule has 3 rings (SSSR count). The van der Waals surface area contributed by atoms with Crippen molar-refractivity contribution in [1.29, 1.82) is 0 Å². The monoisotopic (exact) mass is 292 g/mol. The van der Waals surface area contributed by atoms with Gasteiger partial charge in [-0.2, -0.15) is 0 Å². The van der Waals surface area contributed by atoms with Crippen LogP contribution in [0.4, 0.5) is 11.4 Å². The summed E-state index contributed by atoms with van der Waals surface area (Å²) in [6.45, 7) is 1.87. The van der Waals surface area contributed by atoms with Crippen LogP contribution in [0.3, 0.4) is 0 Å². The van der Waals surface area contributed by atoms with Gasteiger partial charge in [0.2, 0.25) is 0 Å². The van der Waals surface area contributed by atoms with Crippen molar-refractivity contribution in [3.8, 4) is 5.75 Å². The van der Waals surface area contributed by atoms with Gasteiger partial charge in [0, 0.05) is 16.8 Å². The van der Waals surface area contributed by atoms with Crippen molar-refractivity contribution in [1.82, 2.24) is 0 Å². The number of amides is 1. The van der Waals surface area contributed by atoms with Crippen LogP contribution in [0.2, 0.25) is 0 Å². The van der Waals surface area contributed by atoms with E-state index in [9.17, 15) is 9.90 Å². The predicted octanol–water partition coefficient (Wildman–Crippen LogP) is 3.69. The Balaban J connectivity index is 1.97. The SMILES string of the molecule is Cc1cc(N)ccc1NC(=O)c1ccc2ccccc2c1O. The van der Waals surface area contributed by atoms with Crippen molar-refractivity contribution in [2.75, 3.05) is 11.1 Å². The molecule has 0 unspecified atom stereocenters. The molecule has 1 amide bonds. The van der Waals surface area contributed by atoms with E-state index in [1.54, 1.807) is 30.3 Å². The molecule has 22 heavy (non-hydrogen) atoms. The molecule has 0 saturated carbocycles. The van der Waals surface area contributed by atoms with Gasteiger partial charge in [-0.25, -0.2) is 0 Å². The number of carbonyl (C=O) groups is 1. The van der Waals surface area contributed by atoms with Crippen molar-refractivity contribution in [2.45, 2.75) is 6.92 Å². The molecule has 0 saturated heterocycles. The fraction of sp³-hybridized carbons (Fsp3) is 0.0556. The lowest BCUT2D eigenvalue weighted by atomic mass is 10.0. The summed E-state index contributed by atoms with van der Waals surface area (Å²) in [6, 6.07) is 16.1. The molecule has 0 aliphatic rings. The average Bonchev–Trinajstić information content (AvgIpc) is 2.50. The van der Waals surface area contributed by atoms with E-state index in [1.807, 2.05) is 31.2 Å². The number of phenols is 1. The van der Waals surface area contributed by atoms with Gasteiger partial charge in [0.15, 0.2) is 0 Å². The first-order chi connectivity index (χ1) is 10.6. The second kappa shape index (κ2) is 5.41. The fourth-order valence-electron chi connectivity index (χ4n) is 2.46. The molecular formula is C18H16N2O2. The van der Waals surface area contributed by atoms with Crippen LogP contribution in [0.15, 0.2) is 54.6 Å². The Morgan fingerprint density at radius 1 is 1.09 bits per heavy atom. The van der Waals surface area contributed by atoms with E-state index >= 15 is 0 Å². The number of fused-ring (bicyclic) bond motifs is 1. The summed E-state index contributed by atoms with van der Waals surface area (Å²) in [4.78, 5) is 12.4. The average molecular weight is 292 g/mol. The summed E-state index contributed by atoms with van der Waals surface area (Å²) in [6.07, 6.45) is 0. The highest BCUT2D eigenvalue weighted by molar-refractivity contribution is 6.10. The van der Waals surface area contributed by atoms with Crippen molar-refractivity contribution >= 4 is 28.1 Å². The third kappa shape index (κ3) is 2.46. The molecule has 0 fully saturated rings. The maximum absolute atomic E-state index is 12.4. The molecule has 4 N–H and O–H groups in total. The molecule has 4 heteroatoms. The minimum Gasteiger partial charge on any atom is -0.506 e. The second-order valence-electron chi connectivity index (χ2n) is 5.21. The fourth-order valence-corrected chi connectivity index (χ4v) is 2.46. The van der Waals surface area contributed by atoms with Crippen molar-refractivity contribution in [3.05, 3.63) is 65.7 Å². The molecule has 0 aromatic heterocycles. The van der Waals surface area contributed by atoms with Gasteiger partial charge < -0.3 is 16.2 Å². The third-order valence-electron chi connectivity index (χ3n) is 3.64. The zero-order valence-electron chi connectivity index (χ0n) is 12.1. The lowest BCUT2D eigenvalue weighted by molar-refractivity contribution is 0.102. The molecule has 0 aliphatic carbocycles. The van der Waals surface area contributed by atoms with E-state index in [0.717, 1.165) is 10.9 Å². The molecule has 0 aliphatic heterocycles. The summed E-state index contributed by atoms with van der Waals surface area (Å²) in [5.74, 6) is -0.361. The first-order valence-electron chi connectivity index (χ1n) is 6.94. The molecular weight excluding hydrogens is 276 g/mol. The van der Waals surface area contributed by atoms with Gasteiger partial charge in [-0.3, -0.25) is 4.79 Å². The summed E-state index contributed by atoms with van der Waals surface area (Å²) >= 11 is 0. The third-order valence-corrected chi connectivity index (χ3v) is 3.64. The summed E-state index contributed by atoms with van der Waals surface area (Å²) < 4.78 is 0. The van der Waals surface area contributed by atoms with Crippen molar-refractivity contribution in [2.24, 2.45) is 0 Å². The normalized spacial score (nSPS) is 10.6. The largest absolute Gasteiger partial charge is 0.506 e. The lowest BCUT2D eigenvalue weighted by Crippen LogP contribution is -2.13. The number of nitrogens with two attached hydrogens (primary N) is 1. The van der Waals surface area contributed by atoms with Crippen molar-refractivity contribution in [3.63, 3.8) is 0 Å². The maximum atomic E-state index is 12.4. The number of hydrogen-bond donors (Lipinski definition) is 3. The van der Waals surface area contributed by atoms with Crippen LogP contribution in [-0.2, 0) is 0 Å². The van der Waals surface area contributed by atoms with Gasteiger partial charge >= 0.3 is 0 Å². The molecule has 3 aromatic rings. The Morgan fingerprint density at radius 3 is 2.64 bits per heavy atom. The number of phenolic OH excluding ortho intramolecular Hbond substituents is 1. The highest BCUT2D eigenvalue weighted by Crippen LogP contribution is 2.29.